The second-order valence-electron chi connectivity index (χ2n) is 4.29. The van der Waals surface area contributed by atoms with Gasteiger partial charge in [0.05, 0.1) is 0 Å². The molecule has 1 heteroatoms. The van der Waals surface area contributed by atoms with Crippen molar-refractivity contribution in [2.75, 3.05) is 19.6 Å². The Hall–Kier alpha value is -0.0400. The van der Waals surface area contributed by atoms with E-state index in [0.717, 1.165) is 5.92 Å². The van der Waals surface area contributed by atoms with Crippen LogP contribution in [0.3, 0.4) is 0 Å². The molecule has 0 aromatic carbocycles. The van der Waals surface area contributed by atoms with Gasteiger partial charge in [0.1, 0.15) is 0 Å². The van der Waals surface area contributed by atoms with Crippen LogP contribution >= 0.6 is 0 Å². The minimum atomic E-state index is 1.04. The number of hydrogen-bond acceptors (Lipinski definition) is 1. The Morgan fingerprint density at radius 2 is 2.00 bits per heavy atom. The average molecular weight is 182 g/mol. The molecule has 0 atom stereocenters. The summed E-state index contributed by atoms with van der Waals surface area (Å²) < 4.78 is 0. The predicted octanol–water partition coefficient (Wildman–Crippen LogP) is 3.11. The number of nitrogens with zero attached hydrogens (tertiary/aromatic N) is 1. The molecule has 0 bridgehead atoms. The fourth-order valence-electron chi connectivity index (χ4n) is 2.21. The molecule has 77 valence electrons. The first-order valence-electron chi connectivity index (χ1n) is 5.87. The summed E-state index contributed by atoms with van der Waals surface area (Å²) in [5, 5.41) is 0. The van der Waals surface area contributed by atoms with Crippen molar-refractivity contribution < 1.29 is 0 Å². The van der Waals surface area contributed by atoms with Crippen molar-refractivity contribution in [2.45, 2.75) is 46.0 Å². The average Bonchev–Trinajstić information content (AvgIpc) is 2.17. The van der Waals surface area contributed by atoms with Crippen LogP contribution in [-0.4, -0.2) is 24.5 Å². The van der Waals surface area contributed by atoms with Crippen LogP contribution in [0.4, 0.5) is 0 Å². The largest absolute Gasteiger partial charge is 0.303 e. The van der Waals surface area contributed by atoms with Gasteiger partial charge in [-0.25, -0.2) is 0 Å². The molecule has 0 aromatic heterocycles. The van der Waals surface area contributed by atoms with E-state index in [-0.39, 0.29) is 0 Å². The molecule has 1 fully saturated rings. The molecule has 0 amide bonds. The van der Waals surface area contributed by atoms with Crippen LogP contribution < -0.4 is 0 Å². The van der Waals surface area contributed by atoms with Crippen molar-refractivity contribution >= 4 is 0 Å². The Balaban J connectivity index is 2.08. The van der Waals surface area contributed by atoms with E-state index in [0.29, 0.717) is 0 Å². The Morgan fingerprint density at radius 1 is 1.31 bits per heavy atom. The summed E-state index contributed by atoms with van der Waals surface area (Å²) in [6.45, 7) is 8.31. The molecule has 0 spiro atoms. The zero-order chi connectivity index (χ0) is 9.52. The van der Waals surface area contributed by atoms with Crippen LogP contribution in [0.15, 0.2) is 0 Å². The monoisotopic (exact) mass is 182 g/mol. The van der Waals surface area contributed by atoms with E-state index in [2.05, 4.69) is 25.2 Å². The molecule has 1 nitrogen and oxygen atoms in total. The van der Waals surface area contributed by atoms with Crippen LogP contribution in [0.2, 0.25) is 0 Å². The third-order valence-corrected chi connectivity index (χ3v) is 3.11. The van der Waals surface area contributed by atoms with Crippen molar-refractivity contribution in [2.24, 2.45) is 5.92 Å². The lowest BCUT2D eigenvalue weighted by Gasteiger charge is -2.31. The molecule has 1 heterocycles. The van der Waals surface area contributed by atoms with Gasteiger partial charge >= 0.3 is 0 Å². The number of rotatable bonds is 5. The van der Waals surface area contributed by atoms with Crippen molar-refractivity contribution in [1.82, 2.24) is 4.90 Å². The molecule has 0 aromatic rings. The molecule has 0 saturated carbocycles. The molecule has 1 aliphatic heterocycles. The summed E-state index contributed by atoms with van der Waals surface area (Å²) in [6, 6.07) is 0. The van der Waals surface area contributed by atoms with Gasteiger partial charge in [0, 0.05) is 6.54 Å². The Bertz CT molecular complexity index is 114. The highest BCUT2D eigenvalue weighted by Gasteiger charge is 2.17. The number of hydrogen-bond donors (Lipinski definition) is 0. The highest BCUT2D eigenvalue weighted by Crippen LogP contribution is 2.22. The van der Waals surface area contributed by atoms with Gasteiger partial charge in [-0.05, 0) is 38.3 Å². The normalized spacial score (nSPS) is 20.8. The zero-order valence-corrected chi connectivity index (χ0v) is 9.26. The lowest BCUT2D eigenvalue weighted by atomic mass is 9.92. The molecule has 1 aliphatic rings. The minimum Gasteiger partial charge on any atom is -0.303 e. The van der Waals surface area contributed by atoms with Gasteiger partial charge in [-0.15, -0.1) is 0 Å². The highest BCUT2D eigenvalue weighted by molar-refractivity contribution is 4.75. The van der Waals surface area contributed by atoms with Crippen molar-refractivity contribution in [3.8, 4) is 0 Å². The molecule has 0 unspecified atom stereocenters. The number of likely N-dealkylation sites (tertiary alicyclic amines) is 1. The van der Waals surface area contributed by atoms with Gasteiger partial charge in [-0.2, -0.15) is 0 Å². The molecule has 0 N–H and O–H groups in total. The van der Waals surface area contributed by atoms with E-state index in [9.17, 15) is 0 Å². The topological polar surface area (TPSA) is 3.24 Å². The Morgan fingerprint density at radius 3 is 2.54 bits per heavy atom. The third-order valence-electron chi connectivity index (χ3n) is 3.11. The fraction of sp³-hybridized carbons (Fsp3) is 0.917. The van der Waals surface area contributed by atoms with Crippen molar-refractivity contribution in [3.63, 3.8) is 0 Å². The second-order valence-corrected chi connectivity index (χ2v) is 4.29. The maximum absolute atomic E-state index is 2.57. The number of unbranched alkanes of at least 4 members (excludes halogenated alkanes) is 1. The summed E-state index contributed by atoms with van der Waals surface area (Å²) in [5.74, 6) is 1.04. The van der Waals surface area contributed by atoms with Crippen LogP contribution in [0, 0.1) is 12.3 Å². The second kappa shape index (κ2) is 6.42. The summed E-state index contributed by atoms with van der Waals surface area (Å²) in [7, 11) is 0. The van der Waals surface area contributed by atoms with Crippen LogP contribution in [0.5, 0.6) is 0 Å². The van der Waals surface area contributed by atoms with Gasteiger partial charge in [0.15, 0.2) is 0 Å². The van der Waals surface area contributed by atoms with E-state index >= 15 is 0 Å². The first-order valence-corrected chi connectivity index (χ1v) is 5.87. The maximum atomic E-state index is 2.57. The molecule has 1 saturated heterocycles. The summed E-state index contributed by atoms with van der Waals surface area (Å²) in [4.78, 5) is 2.57. The molecule has 0 aliphatic carbocycles. The van der Waals surface area contributed by atoms with Crippen LogP contribution in [0.25, 0.3) is 0 Å². The third kappa shape index (κ3) is 4.12. The molecule has 1 radical (unpaired) electrons. The smallest absolute Gasteiger partial charge is 0.00100 e. The highest BCUT2D eigenvalue weighted by atomic mass is 15.1. The standard InChI is InChI=1S/C12H24N/c1-3-5-6-12-7-10-13(9-4-2)11-8-12/h4,12H,3,5-11H2,1-2H3. The van der Waals surface area contributed by atoms with E-state index in [1.54, 1.807) is 0 Å². The van der Waals surface area contributed by atoms with E-state index in [1.165, 1.54) is 51.7 Å². The molecule has 13 heavy (non-hydrogen) atoms. The van der Waals surface area contributed by atoms with Crippen molar-refractivity contribution in [3.05, 3.63) is 6.42 Å². The molecular weight excluding hydrogens is 158 g/mol. The van der Waals surface area contributed by atoms with Crippen LogP contribution in [0.1, 0.15) is 46.0 Å². The van der Waals surface area contributed by atoms with Gasteiger partial charge in [0.2, 0.25) is 0 Å². The lowest BCUT2D eigenvalue weighted by molar-refractivity contribution is 0.188. The van der Waals surface area contributed by atoms with Gasteiger partial charge in [-0.1, -0.05) is 33.1 Å². The lowest BCUT2D eigenvalue weighted by Crippen LogP contribution is -2.34. The summed E-state index contributed by atoms with van der Waals surface area (Å²) in [6.07, 6.45) is 9.42. The zero-order valence-electron chi connectivity index (χ0n) is 9.26. The summed E-state index contributed by atoms with van der Waals surface area (Å²) >= 11 is 0. The van der Waals surface area contributed by atoms with Gasteiger partial charge in [-0.3, -0.25) is 0 Å². The minimum absolute atomic E-state index is 1.04. The van der Waals surface area contributed by atoms with Crippen LogP contribution in [-0.2, 0) is 0 Å². The Labute approximate surface area is 83.5 Å². The van der Waals surface area contributed by atoms with Gasteiger partial charge < -0.3 is 4.90 Å². The SMILES string of the molecule is C[CH]CN1CCC(CCCC)CC1. The Kier molecular flexibility index (Phi) is 5.45. The molecular formula is C12H24N. The van der Waals surface area contributed by atoms with E-state index in [4.69, 9.17) is 0 Å². The van der Waals surface area contributed by atoms with Crippen molar-refractivity contribution in [1.29, 1.82) is 0 Å². The molecule has 1 rings (SSSR count). The number of piperidine rings is 1. The quantitative estimate of drug-likeness (QED) is 0.631. The van der Waals surface area contributed by atoms with E-state index < -0.39 is 0 Å². The van der Waals surface area contributed by atoms with Gasteiger partial charge in [0.25, 0.3) is 0 Å². The first kappa shape index (κ1) is 11.0. The first-order chi connectivity index (χ1) is 6.36. The maximum Gasteiger partial charge on any atom is 0.00100 e. The fourth-order valence-corrected chi connectivity index (χ4v) is 2.21. The van der Waals surface area contributed by atoms with E-state index in [1.807, 2.05) is 0 Å². The summed E-state index contributed by atoms with van der Waals surface area (Å²) in [5.41, 5.74) is 0. The predicted molar refractivity (Wildman–Crippen MR) is 58.7 cm³/mol.